The minimum atomic E-state index is -1.02. The van der Waals surface area contributed by atoms with Crippen molar-refractivity contribution in [2.24, 2.45) is 17.6 Å². The predicted octanol–water partition coefficient (Wildman–Crippen LogP) is 0.281. The van der Waals surface area contributed by atoms with Gasteiger partial charge in [-0.3, -0.25) is 0 Å². The molecule has 1 saturated carbocycles. The molecule has 4 atom stereocenters. The lowest BCUT2D eigenvalue weighted by molar-refractivity contribution is 0.147. The molecule has 0 aromatic carbocycles. The Hall–Kier alpha value is -0.840. The maximum Gasteiger partial charge on any atom is 0.407 e. The number of hydrogen-bond donors (Lipinski definition) is 2. The average molecular weight is 188 g/mol. The van der Waals surface area contributed by atoms with Gasteiger partial charge in [-0.15, -0.1) is 0 Å². The van der Waals surface area contributed by atoms with Crippen LogP contribution in [0.25, 0.3) is 0 Å². The van der Waals surface area contributed by atoms with Crippen molar-refractivity contribution in [3.05, 3.63) is 0 Å². The molecule has 13 heavy (non-hydrogen) atoms. The van der Waals surface area contributed by atoms with Gasteiger partial charge < -0.3 is 15.7 Å². The monoisotopic (exact) mass is 188 g/mol. The molecule has 0 unspecified atom stereocenters. The molecule has 0 radical (unpaired) electrons. The summed E-state index contributed by atoms with van der Waals surface area (Å²) < 4.78 is 13.4. The van der Waals surface area contributed by atoms with E-state index in [1.165, 1.54) is 4.90 Å². The quantitative estimate of drug-likeness (QED) is 0.574. The molecule has 3 N–H and O–H groups in total. The smallest absolute Gasteiger partial charge is 0.407 e. The summed E-state index contributed by atoms with van der Waals surface area (Å²) in [7, 11) is 0. The Balaban J connectivity index is 2.04. The van der Waals surface area contributed by atoms with Crippen molar-refractivity contribution in [3.8, 4) is 0 Å². The lowest BCUT2D eigenvalue weighted by Crippen LogP contribution is -2.35. The molecule has 1 saturated heterocycles. The summed E-state index contributed by atoms with van der Waals surface area (Å²) in [5, 5.41) is 8.69. The molecular formula is C8H13FN2O2. The number of rotatable bonds is 0. The number of fused-ring (bicyclic) bond motifs is 1. The first-order valence-corrected chi connectivity index (χ1v) is 4.47. The van der Waals surface area contributed by atoms with E-state index in [1.54, 1.807) is 0 Å². The van der Waals surface area contributed by atoms with Crippen LogP contribution in [0.3, 0.4) is 0 Å². The minimum Gasteiger partial charge on any atom is -0.465 e. The van der Waals surface area contributed by atoms with Crippen LogP contribution >= 0.6 is 0 Å². The van der Waals surface area contributed by atoms with Gasteiger partial charge in [-0.25, -0.2) is 9.18 Å². The highest BCUT2D eigenvalue weighted by atomic mass is 19.1. The Labute approximate surface area is 75.5 Å². The van der Waals surface area contributed by atoms with Gasteiger partial charge in [0.1, 0.15) is 6.17 Å². The SMILES string of the molecule is N[C@H]1C[C@@H]2CN(C(=O)O)C[C@@H]2[C@H]1F. The molecule has 1 amide bonds. The third-order valence-electron chi connectivity index (χ3n) is 3.16. The van der Waals surface area contributed by atoms with E-state index in [0.29, 0.717) is 19.5 Å². The van der Waals surface area contributed by atoms with E-state index in [-0.39, 0.29) is 17.9 Å². The Morgan fingerprint density at radius 1 is 1.54 bits per heavy atom. The lowest BCUT2D eigenvalue weighted by atomic mass is 10.0. The molecule has 4 nitrogen and oxygen atoms in total. The summed E-state index contributed by atoms with van der Waals surface area (Å²) >= 11 is 0. The number of carbonyl (C=O) groups is 1. The minimum absolute atomic E-state index is 0.140. The van der Waals surface area contributed by atoms with Gasteiger partial charge in [0.05, 0.1) is 0 Å². The third-order valence-corrected chi connectivity index (χ3v) is 3.16. The molecular weight excluding hydrogens is 175 g/mol. The maximum absolute atomic E-state index is 13.4. The average Bonchev–Trinajstić information content (AvgIpc) is 2.55. The Morgan fingerprint density at radius 2 is 2.23 bits per heavy atom. The van der Waals surface area contributed by atoms with Crippen LogP contribution in [0.2, 0.25) is 0 Å². The van der Waals surface area contributed by atoms with E-state index in [2.05, 4.69) is 0 Å². The van der Waals surface area contributed by atoms with Gasteiger partial charge in [-0.1, -0.05) is 0 Å². The van der Waals surface area contributed by atoms with Crippen LogP contribution in [0.4, 0.5) is 9.18 Å². The predicted molar refractivity (Wildman–Crippen MR) is 44.1 cm³/mol. The molecule has 2 fully saturated rings. The second kappa shape index (κ2) is 2.83. The summed E-state index contributed by atoms with van der Waals surface area (Å²) in [6.45, 7) is 0.767. The highest BCUT2D eigenvalue weighted by Crippen LogP contribution is 2.39. The van der Waals surface area contributed by atoms with Gasteiger partial charge in [0.2, 0.25) is 0 Å². The molecule has 1 heterocycles. The zero-order chi connectivity index (χ0) is 9.59. The van der Waals surface area contributed by atoms with Crippen LogP contribution in [0.1, 0.15) is 6.42 Å². The topological polar surface area (TPSA) is 66.6 Å². The molecule has 2 aliphatic rings. The van der Waals surface area contributed by atoms with Crippen molar-refractivity contribution in [2.75, 3.05) is 13.1 Å². The van der Waals surface area contributed by atoms with Gasteiger partial charge in [-0.2, -0.15) is 0 Å². The highest BCUT2D eigenvalue weighted by molar-refractivity contribution is 5.65. The van der Waals surface area contributed by atoms with Crippen LogP contribution in [0.5, 0.6) is 0 Å². The summed E-state index contributed by atoms with van der Waals surface area (Å²) in [6, 6.07) is -0.383. The van der Waals surface area contributed by atoms with Crippen LogP contribution in [-0.2, 0) is 0 Å². The molecule has 0 aromatic heterocycles. The maximum atomic E-state index is 13.4. The fourth-order valence-corrected chi connectivity index (χ4v) is 2.46. The number of hydrogen-bond acceptors (Lipinski definition) is 2. The van der Waals surface area contributed by atoms with Crippen LogP contribution < -0.4 is 5.73 Å². The number of amides is 1. The van der Waals surface area contributed by atoms with E-state index in [1.807, 2.05) is 0 Å². The Bertz CT molecular complexity index is 236. The van der Waals surface area contributed by atoms with Crippen LogP contribution in [0.15, 0.2) is 0 Å². The van der Waals surface area contributed by atoms with E-state index < -0.39 is 12.3 Å². The first kappa shape index (κ1) is 8.74. The van der Waals surface area contributed by atoms with Crippen molar-refractivity contribution in [3.63, 3.8) is 0 Å². The number of nitrogens with zero attached hydrogens (tertiary/aromatic N) is 1. The van der Waals surface area contributed by atoms with Crippen molar-refractivity contribution in [1.29, 1.82) is 0 Å². The molecule has 74 valence electrons. The second-order valence-electron chi connectivity index (χ2n) is 3.96. The van der Waals surface area contributed by atoms with E-state index in [4.69, 9.17) is 10.8 Å². The largest absolute Gasteiger partial charge is 0.465 e. The Kier molecular flexibility index (Phi) is 1.91. The third kappa shape index (κ3) is 1.27. The molecule has 0 spiro atoms. The van der Waals surface area contributed by atoms with Gasteiger partial charge >= 0.3 is 6.09 Å². The zero-order valence-electron chi connectivity index (χ0n) is 7.19. The zero-order valence-corrected chi connectivity index (χ0v) is 7.19. The summed E-state index contributed by atoms with van der Waals surface area (Å²) in [4.78, 5) is 11.9. The van der Waals surface area contributed by atoms with Crippen LogP contribution in [-0.4, -0.2) is 41.4 Å². The normalized spacial score (nSPS) is 43.7. The number of nitrogens with two attached hydrogens (primary N) is 1. The van der Waals surface area contributed by atoms with Gasteiger partial charge in [0, 0.05) is 25.0 Å². The first-order chi connectivity index (χ1) is 6.09. The van der Waals surface area contributed by atoms with Gasteiger partial charge in [0.15, 0.2) is 0 Å². The molecule has 5 heteroatoms. The number of halogens is 1. The standard InChI is InChI=1S/C8H13FN2O2/c9-7-5-3-11(8(12)13)2-4(5)1-6(7)10/h4-7H,1-3,10H2,(H,12,13)/t4-,5+,6+,7-/m1/s1. The molecule has 0 bridgehead atoms. The molecule has 1 aliphatic carbocycles. The van der Waals surface area contributed by atoms with Gasteiger partial charge in [0.25, 0.3) is 0 Å². The van der Waals surface area contributed by atoms with Crippen molar-refractivity contribution in [1.82, 2.24) is 4.90 Å². The van der Waals surface area contributed by atoms with Crippen molar-refractivity contribution >= 4 is 6.09 Å². The van der Waals surface area contributed by atoms with E-state index >= 15 is 0 Å². The fourth-order valence-electron chi connectivity index (χ4n) is 2.46. The van der Waals surface area contributed by atoms with E-state index in [0.717, 1.165) is 0 Å². The number of likely N-dealkylation sites (tertiary alicyclic amines) is 1. The highest BCUT2D eigenvalue weighted by Gasteiger charge is 2.48. The van der Waals surface area contributed by atoms with Gasteiger partial charge in [-0.05, 0) is 12.3 Å². The van der Waals surface area contributed by atoms with E-state index in [9.17, 15) is 9.18 Å². The summed E-state index contributed by atoms with van der Waals surface area (Å²) in [5.41, 5.74) is 5.55. The lowest BCUT2D eigenvalue weighted by Gasteiger charge is -2.16. The first-order valence-electron chi connectivity index (χ1n) is 4.47. The number of alkyl halides is 1. The van der Waals surface area contributed by atoms with Crippen LogP contribution in [0, 0.1) is 11.8 Å². The number of carboxylic acid groups (broad SMARTS) is 1. The molecule has 1 aliphatic heterocycles. The second-order valence-corrected chi connectivity index (χ2v) is 3.96. The molecule has 0 aromatic rings. The fraction of sp³-hybridized carbons (Fsp3) is 0.875. The summed E-state index contributed by atoms with van der Waals surface area (Å²) in [5.74, 6) is -0.0211. The van der Waals surface area contributed by atoms with Crippen molar-refractivity contribution in [2.45, 2.75) is 18.6 Å². The Morgan fingerprint density at radius 3 is 2.77 bits per heavy atom. The summed E-state index contributed by atoms with van der Waals surface area (Å²) in [6.07, 6.45) is -1.35. The van der Waals surface area contributed by atoms with Crippen molar-refractivity contribution < 1.29 is 14.3 Å². The molecule has 2 rings (SSSR count).